The summed E-state index contributed by atoms with van der Waals surface area (Å²) in [6.07, 6.45) is 0.705. The second-order valence-electron chi connectivity index (χ2n) is 4.51. The molecule has 0 aliphatic heterocycles. The number of aliphatic carboxylic acids is 1. The molecule has 1 aromatic carbocycles. The fraction of sp³-hybridized carbons (Fsp3) is 0.429. The first kappa shape index (κ1) is 17.0. The van der Waals surface area contributed by atoms with E-state index in [1.54, 1.807) is 0 Å². The second-order valence-corrected chi connectivity index (χ2v) is 6.48. The van der Waals surface area contributed by atoms with Crippen molar-refractivity contribution in [2.24, 2.45) is 5.92 Å². The van der Waals surface area contributed by atoms with Gasteiger partial charge in [0, 0.05) is 9.37 Å². The summed E-state index contributed by atoms with van der Waals surface area (Å²) in [5.41, 5.74) is 0. The van der Waals surface area contributed by atoms with E-state index in [1.165, 1.54) is 11.8 Å². The van der Waals surface area contributed by atoms with Crippen molar-refractivity contribution >= 4 is 39.6 Å². The van der Waals surface area contributed by atoms with E-state index in [-0.39, 0.29) is 17.6 Å². The lowest BCUT2D eigenvalue weighted by atomic mass is 9.99. The number of halogens is 1. The monoisotopic (exact) mass is 359 g/mol. The Morgan fingerprint density at radius 2 is 1.95 bits per heavy atom. The Bertz CT molecular complexity index is 464. The fourth-order valence-corrected chi connectivity index (χ4v) is 2.55. The van der Waals surface area contributed by atoms with Crippen LogP contribution in [0, 0.1) is 5.92 Å². The summed E-state index contributed by atoms with van der Waals surface area (Å²) in [5.74, 6) is -1.12. The van der Waals surface area contributed by atoms with Crippen molar-refractivity contribution in [3.05, 3.63) is 28.7 Å². The fourth-order valence-electron chi connectivity index (χ4n) is 1.58. The molecule has 2 N–H and O–H groups in total. The topological polar surface area (TPSA) is 66.4 Å². The number of benzene rings is 1. The van der Waals surface area contributed by atoms with Crippen molar-refractivity contribution in [3.8, 4) is 0 Å². The summed E-state index contributed by atoms with van der Waals surface area (Å²) < 4.78 is 0.981. The quantitative estimate of drug-likeness (QED) is 0.733. The van der Waals surface area contributed by atoms with Crippen LogP contribution in [0.4, 0.5) is 0 Å². The summed E-state index contributed by atoms with van der Waals surface area (Å²) in [5, 5.41) is 11.7. The molecule has 110 valence electrons. The van der Waals surface area contributed by atoms with Gasteiger partial charge in [-0.05, 0) is 30.2 Å². The van der Waals surface area contributed by atoms with E-state index in [9.17, 15) is 9.59 Å². The maximum atomic E-state index is 11.8. The van der Waals surface area contributed by atoms with Crippen LogP contribution < -0.4 is 5.32 Å². The normalized spacial score (nSPS) is 13.6. The molecule has 1 rings (SSSR count). The number of nitrogens with one attached hydrogen (secondary N) is 1. The van der Waals surface area contributed by atoms with Crippen LogP contribution in [0.1, 0.15) is 20.3 Å². The van der Waals surface area contributed by atoms with Crippen LogP contribution in [-0.2, 0) is 9.59 Å². The zero-order valence-corrected chi connectivity index (χ0v) is 13.8. The van der Waals surface area contributed by atoms with Gasteiger partial charge in [0.1, 0.15) is 6.04 Å². The standard InChI is InChI=1S/C14H18BrNO3S/c1-3-9(2)13(14(18)19)16-12(17)8-20-11-6-4-10(15)5-7-11/h4-7,9,13H,3,8H2,1-2H3,(H,16,17)(H,18,19). The van der Waals surface area contributed by atoms with E-state index in [1.807, 2.05) is 38.1 Å². The molecule has 0 bridgehead atoms. The minimum Gasteiger partial charge on any atom is -0.480 e. The molecule has 0 aliphatic carbocycles. The Kier molecular flexibility index (Phi) is 7.09. The van der Waals surface area contributed by atoms with Crippen LogP contribution in [0.2, 0.25) is 0 Å². The van der Waals surface area contributed by atoms with Gasteiger partial charge < -0.3 is 10.4 Å². The number of hydrogen-bond acceptors (Lipinski definition) is 3. The molecule has 0 spiro atoms. The molecule has 0 aromatic heterocycles. The molecule has 1 amide bonds. The maximum Gasteiger partial charge on any atom is 0.326 e. The van der Waals surface area contributed by atoms with Crippen LogP contribution in [0.15, 0.2) is 33.6 Å². The summed E-state index contributed by atoms with van der Waals surface area (Å²) in [4.78, 5) is 23.9. The molecule has 0 heterocycles. The lowest BCUT2D eigenvalue weighted by Gasteiger charge is -2.19. The molecule has 0 radical (unpaired) electrons. The predicted molar refractivity (Wildman–Crippen MR) is 83.9 cm³/mol. The first-order valence-electron chi connectivity index (χ1n) is 6.34. The van der Waals surface area contributed by atoms with Crippen LogP contribution >= 0.6 is 27.7 Å². The average Bonchev–Trinajstić information content (AvgIpc) is 2.43. The summed E-state index contributed by atoms with van der Waals surface area (Å²) in [6, 6.07) is 6.80. The van der Waals surface area contributed by atoms with Gasteiger partial charge in [-0.3, -0.25) is 4.79 Å². The molecule has 0 saturated heterocycles. The largest absolute Gasteiger partial charge is 0.480 e. The number of carbonyl (C=O) groups is 2. The Morgan fingerprint density at radius 3 is 2.45 bits per heavy atom. The smallest absolute Gasteiger partial charge is 0.326 e. The van der Waals surface area contributed by atoms with Crippen LogP contribution in [0.25, 0.3) is 0 Å². The maximum absolute atomic E-state index is 11.8. The molecule has 0 saturated carbocycles. The van der Waals surface area contributed by atoms with Gasteiger partial charge in [0.05, 0.1) is 5.75 Å². The van der Waals surface area contributed by atoms with Crippen molar-refractivity contribution in [2.75, 3.05) is 5.75 Å². The van der Waals surface area contributed by atoms with E-state index < -0.39 is 12.0 Å². The van der Waals surface area contributed by atoms with E-state index in [4.69, 9.17) is 5.11 Å². The average molecular weight is 360 g/mol. The zero-order chi connectivity index (χ0) is 15.1. The first-order valence-corrected chi connectivity index (χ1v) is 8.12. The summed E-state index contributed by atoms with van der Waals surface area (Å²) in [6.45, 7) is 3.73. The Labute approximate surface area is 131 Å². The minimum absolute atomic E-state index is 0.0888. The Morgan fingerprint density at radius 1 is 1.35 bits per heavy atom. The third-order valence-corrected chi connectivity index (χ3v) is 4.52. The van der Waals surface area contributed by atoms with E-state index in [2.05, 4.69) is 21.2 Å². The van der Waals surface area contributed by atoms with E-state index >= 15 is 0 Å². The second kappa shape index (κ2) is 8.32. The van der Waals surface area contributed by atoms with Gasteiger partial charge >= 0.3 is 5.97 Å². The molecule has 1 aromatic rings. The highest BCUT2D eigenvalue weighted by Gasteiger charge is 2.25. The van der Waals surface area contributed by atoms with Crippen molar-refractivity contribution in [2.45, 2.75) is 31.2 Å². The van der Waals surface area contributed by atoms with E-state index in [0.29, 0.717) is 6.42 Å². The molecular weight excluding hydrogens is 342 g/mol. The molecule has 0 aliphatic rings. The van der Waals surface area contributed by atoms with Crippen molar-refractivity contribution in [1.82, 2.24) is 5.32 Å². The summed E-state index contributed by atoms with van der Waals surface area (Å²) in [7, 11) is 0. The molecule has 2 unspecified atom stereocenters. The number of rotatable bonds is 7. The lowest BCUT2D eigenvalue weighted by Crippen LogP contribution is -2.45. The SMILES string of the molecule is CCC(C)C(NC(=O)CSc1ccc(Br)cc1)C(=O)O. The lowest BCUT2D eigenvalue weighted by molar-refractivity contribution is -0.143. The van der Waals surface area contributed by atoms with Crippen LogP contribution in [-0.4, -0.2) is 28.8 Å². The molecule has 20 heavy (non-hydrogen) atoms. The Balaban J connectivity index is 2.49. The number of thioether (sulfide) groups is 1. The van der Waals surface area contributed by atoms with Crippen molar-refractivity contribution in [1.29, 1.82) is 0 Å². The van der Waals surface area contributed by atoms with Gasteiger partial charge in [-0.2, -0.15) is 0 Å². The molecule has 6 heteroatoms. The predicted octanol–water partition coefficient (Wildman–Crippen LogP) is 3.16. The van der Waals surface area contributed by atoms with Gasteiger partial charge in [-0.15, -0.1) is 11.8 Å². The zero-order valence-electron chi connectivity index (χ0n) is 11.4. The minimum atomic E-state index is -0.985. The van der Waals surface area contributed by atoms with E-state index in [0.717, 1.165) is 9.37 Å². The third-order valence-electron chi connectivity index (χ3n) is 2.98. The number of carbonyl (C=O) groups excluding carboxylic acids is 1. The molecular formula is C14H18BrNO3S. The van der Waals surface area contributed by atoms with Gasteiger partial charge in [0.15, 0.2) is 0 Å². The van der Waals surface area contributed by atoms with Crippen LogP contribution in [0.5, 0.6) is 0 Å². The van der Waals surface area contributed by atoms with Gasteiger partial charge in [-0.25, -0.2) is 4.79 Å². The highest BCUT2D eigenvalue weighted by molar-refractivity contribution is 9.10. The highest BCUT2D eigenvalue weighted by atomic mass is 79.9. The van der Waals surface area contributed by atoms with Gasteiger partial charge in [0.2, 0.25) is 5.91 Å². The molecule has 2 atom stereocenters. The third kappa shape index (κ3) is 5.54. The van der Waals surface area contributed by atoms with Gasteiger partial charge in [0.25, 0.3) is 0 Å². The number of hydrogen-bond donors (Lipinski definition) is 2. The summed E-state index contributed by atoms with van der Waals surface area (Å²) >= 11 is 4.73. The number of amides is 1. The van der Waals surface area contributed by atoms with Gasteiger partial charge in [-0.1, -0.05) is 36.2 Å². The number of carboxylic acids is 1. The Hall–Kier alpha value is -1.01. The van der Waals surface area contributed by atoms with Crippen molar-refractivity contribution < 1.29 is 14.7 Å². The molecule has 0 fully saturated rings. The first-order chi connectivity index (χ1) is 9.43. The number of carboxylic acid groups (broad SMARTS) is 1. The molecule has 4 nitrogen and oxygen atoms in total. The van der Waals surface area contributed by atoms with Crippen molar-refractivity contribution in [3.63, 3.8) is 0 Å². The highest BCUT2D eigenvalue weighted by Crippen LogP contribution is 2.20. The van der Waals surface area contributed by atoms with Crippen LogP contribution in [0.3, 0.4) is 0 Å².